The van der Waals surface area contributed by atoms with Crippen LogP contribution in [0.5, 0.6) is 0 Å². The molecule has 0 aromatic heterocycles. The summed E-state index contributed by atoms with van der Waals surface area (Å²) in [6, 6.07) is 9.42. The van der Waals surface area contributed by atoms with Crippen LogP contribution in [0.15, 0.2) is 30.3 Å². The molecule has 1 aliphatic carbocycles. The molecular formula is C17H25NO2. The second-order valence-electron chi connectivity index (χ2n) is 6.51. The van der Waals surface area contributed by atoms with E-state index in [9.17, 15) is 4.79 Å². The molecule has 0 spiro atoms. The van der Waals surface area contributed by atoms with Crippen LogP contribution in [0, 0.1) is 11.8 Å². The van der Waals surface area contributed by atoms with Crippen molar-refractivity contribution < 1.29 is 9.53 Å². The molecule has 1 aliphatic rings. The Morgan fingerprint density at radius 3 is 2.25 bits per heavy atom. The second kappa shape index (κ2) is 5.96. The third-order valence-electron chi connectivity index (χ3n) is 4.21. The van der Waals surface area contributed by atoms with E-state index in [4.69, 9.17) is 10.5 Å². The van der Waals surface area contributed by atoms with E-state index >= 15 is 0 Å². The molecule has 110 valence electrons. The summed E-state index contributed by atoms with van der Waals surface area (Å²) in [5.41, 5.74) is 5.91. The SMILES string of the molecule is CC1CC(C)CC(OC(=O)C(C)(N)c2ccccc2)C1. The van der Waals surface area contributed by atoms with Crippen LogP contribution >= 0.6 is 0 Å². The minimum Gasteiger partial charge on any atom is -0.461 e. The number of carbonyl (C=O) groups is 1. The van der Waals surface area contributed by atoms with Gasteiger partial charge in [-0.3, -0.25) is 0 Å². The smallest absolute Gasteiger partial charge is 0.330 e. The van der Waals surface area contributed by atoms with E-state index in [1.165, 1.54) is 6.42 Å². The van der Waals surface area contributed by atoms with Gasteiger partial charge in [0.15, 0.2) is 0 Å². The van der Waals surface area contributed by atoms with Gasteiger partial charge in [0, 0.05) is 0 Å². The van der Waals surface area contributed by atoms with Gasteiger partial charge in [-0.2, -0.15) is 0 Å². The van der Waals surface area contributed by atoms with Crippen molar-refractivity contribution in [2.75, 3.05) is 0 Å². The van der Waals surface area contributed by atoms with Crippen molar-refractivity contribution in [1.29, 1.82) is 0 Å². The Morgan fingerprint density at radius 2 is 1.70 bits per heavy atom. The van der Waals surface area contributed by atoms with Crippen molar-refractivity contribution in [2.24, 2.45) is 17.6 Å². The predicted molar refractivity (Wildman–Crippen MR) is 80.0 cm³/mol. The molecule has 0 bridgehead atoms. The molecule has 20 heavy (non-hydrogen) atoms. The first-order valence-corrected chi connectivity index (χ1v) is 7.45. The Labute approximate surface area is 121 Å². The number of carbonyl (C=O) groups excluding carboxylic acids is 1. The largest absolute Gasteiger partial charge is 0.461 e. The van der Waals surface area contributed by atoms with Crippen molar-refractivity contribution in [3.05, 3.63) is 35.9 Å². The van der Waals surface area contributed by atoms with Crippen LogP contribution < -0.4 is 5.73 Å². The average Bonchev–Trinajstić information content (AvgIpc) is 2.38. The van der Waals surface area contributed by atoms with Crippen LogP contribution in [0.3, 0.4) is 0 Å². The normalized spacial score (nSPS) is 29.5. The van der Waals surface area contributed by atoms with Crippen molar-refractivity contribution in [3.8, 4) is 0 Å². The maximum absolute atomic E-state index is 12.4. The van der Waals surface area contributed by atoms with Gasteiger partial charge in [0.05, 0.1) is 0 Å². The molecule has 1 fully saturated rings. The lowest BCUT2D eigenvalue weighted by molar-refractivity contribution is -0.158. The van der Waals surface area contributed by atoms with Crippen molar-refractivity contribution in [1.82, 2.24) is 0 Å². The molecular weight excluding hydrogens is 250 g/mol. The Kier molecular flexibility index (Phi) is 4.48. The number of esters is 1. The lowest BCUT2D eigenvalue weighted by Crippen LogP contribution is -2.45. The van der Waals surface area contributed by atoms with Crippen LogP contribution in [0.1, 0.15) is 45.6 Å². The van der Waals surface area contributed by atoms with Gasteiger partial charge in [0.1, 0.15) is 11.6 Å². The highest BCUT2D eigenvalue weighted by atomic mass is 16.5. The Morgan fingerprint density at radius 1 is 1.15 bits per heavy atom. The highest BCUT2D eigenvalue weighted by Gasteiger charge is 2.35. The Hall–Kier alpha value is -1.35. The van der Waals surface area contributed by atoms with Crippen molar-refractivity contribution in [3.63, 3.8) is 0 Å². The fraction of sp³-hybridized carbons (Fsp3) is 0.588. The molecule has 1 aromatic carbocycles. The van der Waals surface area contributed by atoms with E-state index < -0.39 is 5.54 Å². The number of ether oxygens (including phenoxy) is 1. The lowest BCUT2D eigenvalue weighted by Gasteiger charge is -2.33. The molecule has 2 N–H and O–H groups in total. The molecule has 0 radical (unpaired) electrons. The van der Waals surface area contributed by atoms with E-state index in [1.807, 2.05) is 30.3 Å². The van der Waals surface area contributed by atoms with E-state index in [-0.39, 0.29) is 12.1 Å². The van der Waals surface area contributed by atoms with Gasteiger partial charge in [-0.25, -0.2) is 4.79 Å². The van der Waals surface area contributed by atoms with E-state index in [0.717, 1.165) is 18.4 Å². The van der Waals surface area contributed by atoms with Gasteiger partial charge >= 0.3 is 5.97 Å². The molecule has 0 saturated heterocycles. The maximum Gasteiger partial charge on any atom is 0.330 e. The van der Waals surface area contributed by atoms with Crippen LogP contribution in [-0.4, -0.2) is 12.1 Å². The third-order valence-corrected chi connectivity index (χ3v) is 4.21. The number of nitrogens with two attached hydrogens (primary N) is 1. The highest BCUT2D eigenvalue weighted by Crippen LogP contribution is 2.31. The fourth-order valence-corrected chi connectivity index (χ4v) is 3.15. The van der Waals surface area contributed by atoms with Crippen LogP contribution in [-0.2, 0) is 15.1 Å². The highest BCUT2D eigenvalue weighted by molar-refractivity contribution is 5.82. The molecule has 3 atom stereocenters. The molecule has 3 heteroatoms. The molecule has 3 unspecified atom stereocenters. The summed E-state index contributed by atoms with van der Waals surface area (Å²) in [6.45, 7) is 6.16. The lowest BCUT2D eigenvalue weighted by atomic mass is 9.81. The first-order valence-electron chi connectivity index (χ1n) is 7.45. The molecule has 1 aromatic rings. The summed E-state index contributed by atoms with van der Waals surface area (Å²) in [5.74, 6) is 0.893. The first kappa shape index (κ1) is 15.0. The van der Waals surface area contributed by atoms with Crippen LogP contribution in [0.2, 0.25) is 0 Å². The molecule has 0 heterocycles. The van der Waals surface area contributed by atoms with Gasteiger partial charge < -0.3 is 10.5 Å². The van der Waals surface area contributed by atoms with E-state index in [1.54, 1.807) is 6.92 Å². The molecule has 0 amide bonds. The number of hydrogen-bond acceptors (Lipinski definition) is 3. The average molecular weight is 275 g/mol. The zero-order chi connectivity index (χ0) is 14.8. The van der Waals surface area contributed by atoms with Crippen LogP contribution in [0.4, 0.5) is 0 Å². The molecule has 0 aliphatic heterocycles. The third kappa shape index (κ3) is 3.40. The topological polar surface area (TPSA) is 52.3 Å². The zero-order valence-electron chi connectivity index (χ0n) is 12.6. The fourth-order valence-electron chi connectivity index (χ4n) is 3.15. The van der Waals surface area contributed by atoms with Gasteiger partial charge in [-0.1, -0.05) is 44.2 Å². The summed E-state index contributed by atoms with van der Waals surface area (Å²) in [5, 5.41) is 0. The quantitative estimate of drug-likeness (QED) is 0.862. The number of benzene rings is 1. The predicted octanol–water partition coefficient (Wildman–Crippen LogP) is 3.23. The summed E-state index contributed by atoms with van der Waals surface area (Å²) >= 11 is 0. The summed E-state index contributed by atoms with van der Waals surface area (Å²) in [4.78, 5) is 12.4. The zero-order valence-corrected chi connectivity index (χ0v) is 12.6. The standard InChI is InChI=1S/C17H25NO2/c1-12-9-13(2)11-15(10-12)20-16(19)17(3,18)14-7-5-4-6-8-14/h4-8,12-13,15H,9-11,18H2,1-3H3. The molecule has 3 nitrogen and oxygen atoms in total. The minimum absolute atomic E-state index is 0.00726. The Bertz CT molecular complexity index is 445. The van der Waals surface area contributed by atoms with E-state index in [2.05, 4.69) is 13.8 Å². The van der Waals surface area contributed by atoms with Gasteiger partial charge in [0.2, 0.25) is 0 Å². The van der Waals surface area contributed by atoms with Gasteiger partial charge in [0.25, 0.3) is 0 Å². The van der Waals surface area contributed by atoms with Gasteiger partial charge in [-0.05, 0) is 43.6 Å². The Balaban J connectivity index is 2.04. The minimum atomic E-state index is -1.08. The van der Waals surface area contributed by atoms with Gasteiger partial charge in [-0.15, -0.1) is 0 Å². The summed E-state index contributed by atoms with van der Waals surface area (Å²) < 4.78 is 5.69. The second-order valence-corrected chi connectivity index (χ2v) is 6.51. The monoisotopic (exact) mass is 275 g/mol. The summed E-state index contributed by atoms with van der Waals surface area (Å²) in [7, 11) is 0. The summed E-state index contributed by atoms with van der Waals surface area (Å²) in [6.07, 6.45) is 3.11. The molecule has 1 saturated carbocycles. The molecule has 2 rings (SSSR count). The van der Waals surface area contributed by atoms with Crippen LogP contribution in [0.25, 0.3) is 0 Å². The first-order chi connectivity index (χ1) is 9.39. The van der Waals surface area contributed by atoms with Crippen molar-refractivity contribution in [2.45, 2.75) is 51.7 Å². The number of hydrogen-bond donors (Lipinski definition) is 1. The number of rotatable bonds is 3. The van der Waals surface area contributed by atoms with E-state index in [0.29, 0.717) is 11.8 Å². The van der Waals surface area contributed by atoms with Crippen molar-refractivity contribution >= 4 is 5.97 Å². The maximum atomic E-state index is 12.4.